The Morgan fingerprint density at radius 2 is 1.08 bits per heavy atom. The quantitative estimate of drug-likeness (QED) is 0.509. The number of ether oxygens (including phenoxy) is 1. The van der Waals surface area contributed by atoms with E-state index in [1.165, 1.54) is 0 Å². The SMILES string of the molecule is COc1c(-c2ccccc2)c(-c2ccccc2)c(O)c2ccccc12. The van der Waals surface area contributed by atoms with Gasteiger partial charge in [-0.25, -0.2) is 0 Å². The first-order valence-corrected chi connectivity index (χ1v) is 8.23. The summed E-state index contributed by atoms with van der Waals surface area (Å²) in [6.07, 6.45) is 0. The lowest BCUT2D eigenvalue weighted by Crippen LogP contribution is -1.95. The van der Waals surface area contributed by atoms with Crippen LogP contribution in [0.15, 0.2) is 84.9 Å². The van der Waals surface area contributed by atoms with Crippen LogP contribution in [0.3, 0.4) is 0 Å². The molecule has 0 atom stereocenters. The van der Waals surface area contributed by atoms with E-state index in [0.29, 0.717) is 0 Å². The third kappa shape index (κ3) is 2.52. The second-order valence-corrected chi connectivity index (χ2v) is 5.91. The zero-order valence-electron chi connectivity index (χ0n) is 13.9. The van der Waals surface area contributed by atoms with Crippen LogP contribution in [0.2, 0.25) is 0 Å². The fourth-order valence-electron chi connectivity index (χ4n) is 3.37. The topological polar surface area (TPSA) is 29.5 Å². The molecule has 122 valence electrons. The summed E-state index contributed by atoms with van der Waals surface area (Å²) in [6.45, 7) is 0. The Morgan fingerprint density at radius 3 is 1.64 bits per heavy atom. The normalized spacial score (nSPS) is 10.8. The Balaban J connectivity index is 2.20. The van der Waals surface area contributed by atoms with Crippen molar-refractivity contribution in [1.82, 2.24) is 0 Å². The van der Waals surface area contributed by atoms with E-state index < -0.39 is 0 Å². The first-order chi connectivity index (χ1) is 12.3. The molecule has 0 amide bonds. The van der Waals surface area contributed by atoms with Crippen LogP contribution in [0.4, 0.5) is 0 Å². The van der Waals surface area contributed by atoms with Crippen molar-refractivity contribution in [3.05, 3.63) is 84.9 Å². The molecule has 0 bridgehead atoms. The third-order valence-electron chi connectivity index (χ3n) is 4.47. The fraction of sp³-hybridized carbons (Fsp3) is 0.0435. The average molecular weight is 326 g/mol. The standard InChI is InChI=1S/C23H18O2/c1-25-23-19-15-9-8-14-18(19)22(24)20(16-10-4-2-5-11-16)21(23)17-12-6-3-7-13-17/h2-15,24H,1H3. The van der Waals surface area contributed by atoms with Gasteiger partial charge in [0.1, 0.15) is 11.5 Å². The van der Waals surface area contributed by atoms with Crippen LogP contribution < -0.4 is 4.74 Å². The molecule has 4 rings (SSSR count). The lowest BCUT2D eigenvalue weighted by atomic mass is 9.89. The molecule has 0 aliphatic carbocycles. The summed E-state index contributed by atoms with van der Waals surface area (Å²) in [4.78, 5) is 0. The number of rotatable bonds is 3. The molecule has 0 unspecified atom stereocenters. The fourth-order valence-corrected chi connectivity index (χ4v) is 3.37. The van der Waals surface area contributed by atoms with Crippen LogP contribution in [0.1, 0.15) is 0 Å². The number of methoxy groups -OCH3 is 1. The summed E-state index contributed by atoms with van der Waals surface area (Å²) in [7, 11) is 1.68. The molecule has 0 heterocycles. The predicted octanol–water partition coefficient (Wildman–Crippen LogP) is 5.89. The monoisotopic (exact) mass is 326 g/mol. The van der Waals surface area contributed by atoms with Crippen molar-refractivity contribution in [3.8, 4) is 33.8 Å². The molecule has 0 aliphatic rings. The highest BCUT2D eigenvalue weighted by Gasteiger charge is 2.21. The zero-order valence-corrected chi connectivity index (χ0v) is 13.9. The van der Waals surface area contributed by atoms with Gasteiger partial charge in [0.2, 0.25) is 0 Å². The van der Waals surface area contributed by atoms with E-state index in [0.717, 1.165) is 38.8 Å². The Hall–Kier alpha value is -3.26. The highest BCUT2D eigenvalue weighted by molar-refractivity contribution is 6.07. The van der Waals surface area contributed by atoms with Crippen molar-refractivity contribution in [2.24, 2.45) is 0 Å². The lowest BCUT2D eigenvalue weighted by Gasteiger charge is -2.19. The number of hydrogen-bond donors (Lipinski definition) is 1. The van der Waals surface area contributed by atoms with E-state index in [4.69, 9.17) is 4.74 Å². The third-order valence-corrected chi connectivity index (χ3v) is 4.47. The molecule has 0 spiro atoms. The highest BCUT2D eigenvalue weighted by Crippen LogP contribution is 2.49. The minimum Gasteiger partial charge on any atom is -0.507 e. The molecule has 4 aromatic rings. The highest BCUT2D eigenvalue weighted by atomic mass is 16.5. The minimum absolute atomic E-state index is 0.279. The number of aromatic hydroxyl groups is 1. The van der Waals surface area contributed by atoms with E-state index in [-0.39, 0.29) is 5.75 Å². The Kier molecular flexibility index (Phi) is 3.87. The first kappa shape index (κ1) is 15.3. The van der Waals surface area contributed by atoms with E-state index in [9.17, 15) is 5.11 Å². The maximum atomic E-state index is 11.1. The summed E-state index contributed by atoms with van der Waals surface area (Å²) in [6, 6.07) is 27.8. The van der Waals surface area contributed by atoms with Crippen molar-refractivity contribution in [2.45, 2.75) is 0 Å². The van der Waals surface area contributed by atoms with Gasteiger partial charge < -0.3 is 9.84 Å². The molecule has 0 saturated carbocycles. The molecular weight excluding hydrogens is 308 g/mol. The zero-order chi connectivity index (χ0) is 17.2. The van der Waals surface area contributed by atoms with Gasteiger partial charge in [-0.05, 0) is 11.1 Å². The van der Waals surface area contributed by atoms with Gasteiger partial charge in [-0.2, -0.15) is 0 Å². The molecule has 2 heteroatoms. The van der Waals surface area contributed by atoms with Gasteiger partial charge in [-0.3, -0.25) is 0 Å². The maximum Gasteiger partial charge on any atom is 0.135 e. The van der Waals surface area contributed by atoms with Crippen LogP contribution in [0.5, 0.6) is 11.5 Å². The van der Waals surface area contributed by atoms with Gasteiger partial charge in [-0.1, -0.05) is 84.9 Å². The number of benzene rings is 4. The second-order valence-electron chi connectivity index (χ2n) is 5.91. The number of phenolic OH excluding ortho intramolecular Hbond substituents is 1. The van der Waals surface area contributed by atoms with Crippen LogP contribution in [-0.4, -0.2) is 12.2 Å². The summed E-state index contributed by atoms with van der Waals surface area (Å²) in [5, 5.41) is 12.8. The van der Waals surface area contributed by atoms with Gasteiger partial charge in [0.25, 0.3) is 0 Å². The summed E-state index contributed by atoms with van der Waals surface area (Å²) >= 11 is 0. The van der Waals surface area contributed by atoms with Gasteiger partial charge in [-0.15, -0.1) is 0 Å². The van der Waals surface area contributed by atoms with Crippen molar-refractivity contribution < 1.29 is 9.84 Å². The van der Waals surface area contributed by atoms with Gasteiger partial charge in [0, 0.05) is 21.9 Å². The van der Waals surface area contributed by atoms with Gasteiger partial charge in [0.15, 0.2) is 0 Å². The Morgan fingerprint density at radius 1 is 0.600 bits per heavy atom. The summed E-state index contributed by atoms with van der Waals surface area (Å²) < 4.78 is 5.82. The average Bonchev–Trinajstić information content (AvgIpc) is 2.69. The number of fused-ring (bicyclic) bond motifs is 1. The van der Waals surface area contributed by atoms with Crippen LogP contribution in [-0.2, 0) is 0 Å². The van der Waals surface area contributed by atoms with E-state index in [1.807, 2.05) is 84.9 Å². The first-order valence-electron chi connectivity index (χ1n) is 8.23. The minimum atomic E-state index is 0.279. The molecule has 0 radical (unpaired) electrons. The van der Waals surface area contributed by atoms with Crippen molar-refractivity contribution >= 4 is 10.8 Å². The smallest absolute Gasteiger partial charge is 0.135 e. The number of phenols is 1. The maximum absolute atomic E-state index is 11.1. The molecule has 4 aromatic carbocycles. The van der Waals surface area contributed by atoms with Crippen molar-refractivity contribution in [3.63, 3.8) is 0 Å². The molecule has 2 nitrogen and oxygen atoms in total. The number of hydrogen-bond acceptors (Lipinski definition) is 2. The van der Waals surface area contributed by atoms with Crippen LogP contribution in [0, 0.1) is 0 Å². The second kappa shape index (κ2) is 6.33. The van der Waals surface area contributed by atoms with Gasteiger partial charge >= 0.3 is 0 Å². The molecule has 1 N–H and O–H groups in total. The van der Waals surface area contributed by atoms with E-state index >= 15 is 0 Å². The molecule has 0 aromatic heterocycles. The predicted molar refractivity (Wildman–Crippen MR) is 103 cm³/mol. The van der Waals surface area contributed by atoms with Crippen molar-refractivity contribution in [1.29, 1.82) is 0 Å². The molecule has 0 fully saturated rings. The Bertz CT molecular complexity index is 1020. The molecule has 0 saturated heterocycles. The largest absolute Gasteiger partial charge is 0.507 e. The van der Waals surface area contributed by atoms with Gasteiger partial charge in [0.05, 0.1) is 7.11 Å². The van der Waals surface area contributed by atoms with Crippen molar-refractivity contribution in [2.75, 3.05) is 7.11 Å². The van der Waals surface area contributed by atoms with Crippen LogP contribution >= 0.6 is 0 Å². The Labute approximate surface area is 146 Å². The lowest BCUT2D eigenvalue weighted by molar-refractivity contribution is 0.420. The van der Waals surface area contributed by atoms with Crippen LogP contribution in [0.25, 0.3) is 33.0 Å². The summed E-state index contributed by atoms with van der Waals surface area (Å²) in [5.74, 6) is 1.06. The molecule has 25 heavy (non-hydrogen) atoms. The molecular formula is C23H18O2. The summed E-state index contributed by atoms with van der Waals surface area (Å²) in [5.41, 5.74) is 3.68. The van der Waals surface area contributed by atoms with E-state index in [2.05, 4.69) is 0 Å². The molecule has 0 aliphatic heterocycles. The van der Waals surface area contributed by atoms with E-state index in [1.54, 1.807) is 7.11 Å².